The van der Waals surface area contributed by atoms with Crippen molar-refractivity contribution in [3.8, 4) is 0 Å². The normalized spacial score (nSPS) is 11.5. The van der Waals surface area contributed by atoms with Gasteiger partial charge in [0.1, 0.15) is 0 Å². The van der Waals surface area contributed by atoms with Gasteiger partial charge >= 0.3 is 0 Å². The van der Waals surface area contributed by atoms with E-state index >= 15 is 0 Å². The molecule has 0 atom stereocenters. The first-order chi connectivity index (χ1) is 10.4. The van der Waals surface area contributed by atoms with Crippen molar-refractivity contribution < 1.29 is 18.2 Å². The maximum absolute atomic E-state index is 10.5. The Balaban J connectivity index is 0.000000220. The van der Waals surface area contributed by atoms with Gasteiger partial charge in [-0.2, -0.15) is 8.42 Å². The van der Waals surface area contributed by atoms with E-state index in [4.69, 9.17) is 9.76 Å². The molecule has 0 saturated carbocycles. The Morgan fingerprint density at radius 1 is 1.05 bits per heavy atom. The number of aryl methyl sites for hydroxylation is 1. The molecule has 0 amide bonds. The van der Waals surface area contributed by atoms with Gasteiger partial charge in [-0.15, -0.1) is 0 Å². The number of rotatable bonds is 3. The lowest BCUT2D eigenvalue weighted by Crippen LogP contribution is -1.97. The number of nitrogens with zero attached hydrogens (tertiary/aromatic N) is 1. The van der Waals surface area contributed by atoms with E-state index in [2.05, 4.69) is 5.16 Å². The number of hydrogen-bond donors (Lipinski definition) is 2. The van der Waals surface area contributed by atoms with Crippen LogP contribution in [0.2, 0.25) is 0 Å². The molecule has 0 aliphatic heterocycles. The molecule has 0 aliphatic carbocycles. The minimum absolute atomic E-state index is 0.0666. The third kappa shape index (κ3) is 5.67. The molecule has 0 heterocycles. The van der Waals surface area contributed by atoms with Crippen molar-refractivity contribution in [2.45, 2.75) is 25.2 Å². The predicted molar refractivity (Wildman–Crippen MR) is 86.1 cm³/mol. The third-order valence-electron chi connectivity index (χ3n) is 2.88. The molecule has 0 saturated heterocycles. The van der Waals surface area contributed by atoms with Gasteiger partial charge in [-0.25, -0.2) is 0 Å². The van der Waals surface area contributed by atoms with Crippen LogP contribution in [0, 0.1) is 6.92 Å². The van der Waals surface area contributed by atoms with Crippen molar-refractivity contribution in [2.24, 2.45) is 5.16 Å². The Morgan fingerprint density at radius 3 is 2.00 bits per heavy atom. The van der Waals surface area contributed by atoms with Crippen LogP contribution in [0.1, 0.15) is 24.5 Å². The first-order valence-corrected chi connectivity index (χ1v) is 8.13. The molecule has 2 rings (SSSR count). The minimum Gasteiger partial charge on any atom is -0.411 e. The fourth-order valence-electron chi connectivity index (χ4n) is 1.67. The molecule has 2 aromatic rings. The SMILES string of the molecule is CCC(=NO)c1ccccc1.Cc1ccc(S(=O)(=O)O)cc1. The van der Waals surface area contributed by atoms with Crippen molar-refractivity contribution in [3.63, 3.8) is 0 Å². The molecule has 5 nitrogen and oxygen atoms in total. The van der Waals surface area contributed by atoms with Gasteiger partial charge in [0.15, 0.2) is 0 Å². The van der Waals surface area contributed by atoms with E-state index in [0.29, 0.717) is 0 Å². The number of hydrogen-bond acceptors (Lipinski definition) is 4. The summed E-state index contributed by atoms with van der Waals surface area (Å²) >= 11 is 0. The molecule has 22 heavy (non-hydrogen) atoms. The number of benzene rings is 2. The van der Waals surface area contributed by atoms with E-state index in [1.165, 1.54) is 12.1 Å². The molecule has 0 radical (unpaired) electrons. The van der Waals surface area contributed by atoms with Gasteiger partial charge in [0.2, 0.25) is 0 Å². The van der Waals surface area contributed by atoms with Crippen molar-refractivity contribution >= 4 is 15.8 Å². The molecule has 2 aromatic carbocycles. The molecule has 0 bridgehead atoms. The lowest BCUT2D eigenvalue weighted by Gasteiger charge is -1.98. The van der Waals surface area contributed by atoms with E-state index in [9.17, 15) is 8.42 Å². The van der Waals surface area contributed by atoms with Gasteiger partial charge in [-0.3, -0.25) is 4.55 Å². The minimum atomic E-state index is -4.02. The molecule has 2 N–H and O–H groups in total. The maximum atomic E-state index is 10.5. The van der Waals surface area contributed by atoms with Gasteiger partial charge < -0.3 is 5.21 Å². The Hall–Kier alpha value is -2.18. The summed E-state index contributed by atoms with van der Waals surface area (Å²) in [5.41, 5.74) is 2.67. The lowest BCUT2D eigenvalue weighted by atomic mass is 10.1. The third-order valence-corrected chi connectivity index (χ3v) is 3.75. The summed E-state index contributed by atoms with van der Waals surface area (Å²) in [6.07, 6.45) is 0.751. The zero-order valence-electron chi connectivity index (χ0n) is 12.5. The average molecular weight is 321 g/mol. The molecule has 0 aliphatic rings. The topological polar surface area (TPSA) is 87.0 Å². The summed E-state index contributed by atoms with van der Waals surface area (Å²) in [5.74, 6) is 0. The Bertz CT molecular complexity index is 708. The van der Waals surface area contributed by atoms with Crippen LogP contribution >= 0.6 is 0 Å². The van der Waals surface area contributed by atoms with Crippen LogP contribution < -0.4 is 0 Å². The predicted octanol–water partition coefficient (Wildman–Crippen LogP) is 3.52. The second kappa shape index (κ2) is 8.31. The molecule has 0 fully saturated rings. The van der Waals surface area contributed by atoms with Gasteiger partial charge in [0, 0.05) is 0 Å². The van der Waals surface area contributed by atoms with Crippen molar-refractivity contribution in [1.29, 1.82) is 0 Å². The quantitative estimate of drug-likeness (QED) is 0.392. The summed E-state index contributed by atoms with van der Waals surface area (Å²) in [4.78, 5) is -0.0666. The van der Waals surface area contributed by atoms with E-state index in [1.807, 2.05) is 44.2 Å². The highest BCUT2D eigenvalue weighted by atomic mass is 32.2. The van der Waals surface area contributed by atoms with Crippen LogP contribution in [-0.2, 0) is 10.1 Å². The summed E-state index contributed by atoms with van der Waals surface area (Å²) in [5, 5.41) is 11.8. The van der Waals surface area contributed by atoms with Crippen LogP contribution in [0.15, 0.2) is 64.6 Å². The van der Waals surface area contributed by atoms with E-state index in [0.717, 1.165) is 23.3 Å². The van der Waals surface area contributed by atoms with Gasteiger partial charge in [-0.05, 0) is 31.0 Å². The molecule has 0 unspecified atom stereocenters. The van der Waals surface area contributed by atoms with Crippen LogP contribution in [0.25, 0.3) is 0 Å². The largest absolute Gasteiger partial charge is 0.411 e. The fourth-order valence-corrected chi connectivity index (χ4v) is 2.15. The van der Waals surface area contributed by atoms with Crippen LogP contribution in [-0.4, -0.2) is 23.9 Å². The standard InChI is InChI=1S/C9H11NO.C7H8O3S/c1-2-9(10-11)8-6-4-3-5-7-8;1-6-2-4-7(5-3-6)11(8,9)10/h3-7,11H,2H2,1H3;2-5H,1H3,(H,8,9,10). The maximum Gasteiger partial charge on any atom is 0.294 e. The Labute approximate surface area is 130 Å². The van der Waals surface area contributed by atoms with Crippen molar-refractivity contribution in [3.05, 3.63) is 65.7 Å². The Morgan fingerprint density at radius 2 is 1.59 bits per heavy atom. The highest BCUT2D eigenvalue weighted by Crippen LogP contribution is 2.08. The van der Waals surface area contributed by atoms with Crippen LogP contribution in [0.4, 0.5) is 0 Å². The smallest absolute Gasteiger partial charge is 0.294 e. The zero-order valence-corrected chi connectivity index (χ0v) is 13.3. The summed E-state index contributed by atoms with van der Waals surface area (Å²) in [6.45, 7) is 3.80. The van der Waals surface area contributed by atoms with Crippen LogP contribution in [0.5, 0.6) is 0 Å². The summed E-state index contributed by atoms with van der Waals surface area (Å²) < 4.78 is 29.6. The first kappa shape index (κ1) is 17.9. The van der Waals surface area contributed by atoms with Crippen molar-refractivity contribution in [1.82, 2.24) is 0 Å². The van der Waals surface area contributed by atoms with Gasteiger partial charge in [-0.1, -0.05) is 60.1 Å². The molecule has 0 aromatic heterocycles. The molecule has 6 heteroatoms. The van der Waals surface area contributed by atoms with E-state index in [1.54, 1.807) is 12.1 Å². The van der Waals surface area contributed by atoms with Gasteiger partial charge in [0.05, 0.1) is 10.6 Å². The Kier molecular flexibility index (Phi) is 6.75. The number of oxime groups is 1. The highest BCUT2D eigenvalue weighted by molar-refractivity contribution is 7.85. The average Bonchev–Trinajstić information content (AvgIpc) is 2.50. The molecular weight excluding hydrogens is 302 g/mol. The monoisotopic (exact) mass is 321 g/mol. The molecular formula is C16H19NO4S. The second-order valence-electron chi connectivity index (χ2n) is 4.55. The lowest BCUT2D eigenvalue weighted by molar-refractivity contribution is 0.318. The first-order valence-electron chi connectivity index (χ1n) is 6.69. The summed E-state index contributed by atoms with van der Waals surface area (Å²) in [7, 11) is -4.02. The van der Waals surface area contributed by atoms with Crippen LogP contribution in [0.3, 0.4) is 0 Å². The van der Waals surface area contributed by atoms with Crippen molar-refractivity contribution in [2.75, 3.05) is 0 Å². The van der Waals surface area contributed by atoms with E-state index < -0.39 is 10.1 Å². The fraction of sp³-hybridized carbons (Fsp3) is 0.188. The molecule has 118 valence electrons. The zero-order chi connectivity index (χ0) is 16.6. The second-order valence-corrected chi connectivity index (χ2v) is 5.98. The summed E-state index contributed by atoms with van der Waals surface area (Å²) in [6, 6.07) is 15.6. The molecule has 0 spiro atoms. The van der Waals surface area contributed by atoms with Gasteiger partial charge in [0.25, 0.3) is 10.1 Å². The highest BCUT2D eigenvalue weighted by Gasteiger charge is 2.06. The van der Waals surface area contributed by atoms with E-state index in [-0.39, 0.29) is 4.90 Å².